The summed E-state index contributed by atoms with van der Waals surface area (Å²) in [6.45, 7) is 1.71. The van der Waals surface area contributed by atoms with Crippen LogP contribution in [0.25, 0.3) is 10.9 Å². The number of ether oxygens (including phenoxy) is 1. The molecule has 0 radical (unpaired) electrons. The molecule has 0 spiro atoms. The third-order valence-electron chi connectivity index (χ3n) is 4.46. The Hall–Kier alpha value is -2.80. The molecule has 3 aromatic rings. The van der Waals surface area contributed by atoms with Crippen molar-refractivity contribution in [2.75, 3.05) is 19.7 Å². The number of aryl methyl sites for hydroxylation is 1. The number of nitrogens with one attached hydrogen (secondary N) is 1. The van der Waals surface area contributed by atoms with Gasteiger partial charge in [-0.3, -0.25) is 9.89 Å². The van der Waals surface area contributed by atoms with Gasteiger partial charge in [0.2, 0.25) is 0 Å². The van der Waals surface area contributed by atoms with Crippen LogP contribution in [0.1, 0.15) is 22.6 Å². The molecule has 1 saturated heterocycles. The second-order valence-electron chi connectivity index (χ2n) is 6.10. The van der Waals surface area contributed by atoms with Crippen molar-refractivity contribution in [2.24, 2.45) is 0 Å². The normalized spacial score (nSPS) is 17.8. The van der Waals surface area contributed by atoms with E-state index < -0.39 is 0 Å². The summed E-state index contributed by atoms with van der Waals surface area (Å²) < 4.78 is 5.82. The largest absolute Gasteiger partial charge is 0.375 e. The Bertz CT molecular complexity index is 864. The molecule has 4 rings (SSSR count). The summed E-state index contributed by atoms with van der Waals surface area (Å²) in [7, 11) is 0. The van der Waals surface area contributed by atoms with Gasteiger partial charge in [-0.15, -0.1) is 0 Å². The highest BCUT2D eigenvalue weighted by molar-refractivity contribution is 6.04. The van der Waals surface area contributed by atoms with E-state index in [0.717, 1.165) is 29.4 Å². The van der Waals surface area contributed by atoms with E-state index in [1.165, 1.54) is 0 Å². The fourth-order valence-corrected chi connectivity index (χ4v) is 3.13. The van der Waals surface area contributed by atoms with E-state index in [9.17, 15) is 4.79 Å². The number of hydrogen-bond donors (Lipinski definition) is 1. The van der Waals surface area contributed by atoms with Crippen molar-refractivity contribution in [2.45, 2.75) is 18.9 Å². The number of fused-ring (bicyclic) bond motifs is 1. The molecule has 0 aliphatic carbocycles. The topological polar surface area (TPSA) is 84.0 Å². The number of benzene rings is 1. The van der Waals surface area contributed by atoms with Crippen molar-refractivity contribution < 1.29 is 9.53 Å². The van der Waals surface area contributed by atoms with E-state index in [-0.39, 0.29) is 12.0 Å². The molecule has 1 aromatic carbocycles. The van der Waals surface area contributed by atoms with Crippen LogP contribution in [0.15, 0.2) is 42.9 Å². The Morgan fingerprint density at radius 1 is 1.32 bits per heavy atom. The van der Waals surface area contributed by atoms with Gasteiger partial charge in [-0.1, -0.05) is 18.2 Å². The van der Waals surface area contributed by atoms with Crippen LogP contribution in [-0.4, -0.2) is 56.8 Å². The maximum absolute atomic E-state index is 12.9. The number of nitrogens with zero attached hydrogens (tertiary/aromatic N) is 4. The van der Waals surface area contributed by atoms with Gasteiger partial charge in [-0.05, 0) is 25.0 Å². The highest BCUT2D eigenvalue weighted by Gasteiger charge is 2.27. The lowest BCUT2D eigenvalue weighted by Crippen LogP contribution is -2.46. The van der Waals surface area contributed by atoms with E-state index in [0.29, 0.717) is 25.4 Å². The molecule has 1 atom stereocenters. The predicted octanol–water partition coefficient (Wildman–Crippen LogP) is 1.83. The van der Waals surface area contributed by atoms with Crippen LogP contribution >= 0.6 is 0 Å². The van der Waals surface area contributed by atoms with Gasteiger partial charge in [0.1, 0.15) is 6.33 Å². The molecule has 0 bridgehead atoms. The average molecular weight is 337 g/mol. The first-order chi connectivity index (χ1) is 12.3. The first kappa shape index (κ1) is 15.7. The van der Waals surface area contributed by atoms with E-state index >= 15 is 0 Å². The molecule has 1 N–H and O–H groups in total. The van der Waals surface area contributed by atoms with E-state index in [1.807, 2.05) is 35.2 Å². The summed E-state index contributed by atoms with van der Waals surface area (Å²) in [5.74, 6) is -0.0483. The van der Waals surface area contributed by atoms with Crippen LogP contribution in [0.4, 0.5) is 0 Å². The second-order valence-corrected chi connectivity index (χ2v) is 6.10. The first-order valence-electron chi connectivity index (χ1n) is 8.40. The smallest absolute Gasteiger partial charge is 0.275 e. The lowest BCUT2D eigenvalue weighted by molar-refractivity contribution is -0.0248. The molecule has 3 heterocycles. The molecular weight excluding hydrogens is 318 g/mol. The third-order valence-corrected chi connectivity index (χ3v) is 4.46. The predicted molar refractivity (Wildman–Crippen MR) is 92.1 cm³/mol. The summed E-state index contributed by atoms with van der Waals surface area (Å²) >= 11 is 0. The van der Waals surface area contributed by atoms with Crippen LogP contribution in [0, 0.1) is 0 Å². The molecule has 2 aromatic heterocycles. The fourth-order valence-electron chi connectivity index (χ4n) is 3.13. The lowest BCUT2D eigenvalue weighted by Gasteiger charge is -2.32. The second kappa shape index (κ2) is 6.98. The van der Waals surface area contributed by atoms with Crippen molar-refractivity contribution in [3.05, 3.63) is 54.2 Å². The molecule has 1 amide bonds. The monoisotopic (exact) mass is 337 g/mol. The summed E-state index contributed by atoms with van der Waals surface area (Å²) in [6.07, 6.45) is 4.93. The number of hydrogen-bond acceptors (Lipinski definition) is 5. The zero-order valence-electron chi connectivity index (χ0n) is 13.8. The number of amides is 1. The standard InChI is InChI=1S/C18H19N5O2/c24-18(17-15-3-1-2-4-16(15)21-22-17)23-9-10-25-14(11-23)6-5-13-7-8-19-12-20-13/h1-4,7-8,12,14H,5-6,9-11H2,(H,21,22). The zero-order valence-corrected chi connectivity index (χ0v) is 13.8. The number of H-pyrrole nitrogens is 1. The van der Waals surface area contributed by atoms with Gasteiger partial charge in [-0.25, -0.2) is 9.97 Å². The molecular formula is C18H19N5O2. The van der Waals surface area contributed by atoms with Crippen LogP contribution < -0.4 is 0 Å². The molecule has 1 fully saturated rings. The molecule has 0 saturated carbocycles. The third kappa shape index (κ3) is 3.36. The van der Waals surface area contributed by atoms with Crippen LogP contribution in [0.3, 0.4) is 0 Å². The number of carbonyl (C=O) groups excluding carboxylic acids is 1. The number of aromatic amines is 1. The van der Waals surface area contributed by atoms with Gasteiger partial charge < -0.3 is 9.64 Å². The molecule has 128 valence electrons. The van der Waals surface area contributed by atoms with Crippen LogP contribution in [0.2, 0.25) is 0 Å². The maximum Gasteiger partial charge on any atom is 0.275 e. The van der Waals surface area contributed by atoms with Crippen LogP contribution in [0.5, 0.6) is 0 Å². The van der Waals surface area contributed by atoms with E-state index in [2.05, 4.69) is 20.2 Å². The van der Waals surface area contributed by atoms with Gasteiger partial charge in [-0.2, -0.15) is 5.10 Å². The van der Waals surface area contributed by atoms with Crippen molar-refractivity contribution in [3.8, 4) is 0 Å². The number of para-hydroxylation sites is 1. The number of rotatable bonds is 4. The first-order valence-corrected chi connectivity index (χ1v) is 8.40. The minimum absolute atomic E-state index is 0.0119. The highest BCUT2D eigenvalue weighted by atomic mass is 16.5. The van der Waals surface area contributed by atoms with Crippen molar-refractivity contribution in [3.63, 3.8) is 0 Å². The quantitative estimate of drug-likeness (QED) is 0.785. The van der Waals surface area contributed by atoms with Crippen LogP contribution in [-0.2, 0) is 11.2 Å². The Kier molecular flexibility index (Phi) is 4.39. The molecule has 1 unspecified atom stereocenters. The maximum atomic E-state index is 12.9. The van der Waals surface area contributed by atoms with Gasteiger partial charge in [0.05, 0.1) is 18.2 Å². The minimum atomic E-state index is -0.0483. The zero-order chi connectivity index (χ0) is 17.1. The summed E-state index contributed by atoms with van der Waals surface area (Å²) in [5.41, 5.74) is 2.34. The van der Waals surface area contributed by atoms with Gasteiger partial charge in [0.15, 0.2) is 5.69 Å². The van der Waals surface area contributed by atoms with Gasteiger partial charge in [0, 0.05) is 30.4 Å². The van der Waals surface area contributed by atoms with E-state index in [1.54, 1.807) is 12.5 Å². The Morgan fingerprint density at radius 2 is 2.24 bits per heavy atom. The number of morpholine rings is 1. The molecule has 1 aliphatic heterocycles. The fraction of sp³-hybridized carbons (Fsp3) is 0.333. The van der Waals surface area contributed by atoms with Crippen molar-refractivity contribution in [1.82, 2.24) is 25.1 Å². The van der Waals surface area contributed by atoms with Crippen molar-refractivity contribution in [1.29, 1.82) is 0 Å². The SMILES string of the molecule is O=C(c1n[nH]c2ccccc12)N1CCOC(CCc2ccncn2)C1. The molecule has 7 nitrogen and oxygen atoms in total. The molecule has 7 heteroatoms. The summed E-state index contributed by atoms with van der Waals surface area (Å²) in [6, 6.07) is 9.58. The number of aromatic nitrogens is 4. The molecule has 25 heavy (non-hydrogen) atoms. The lowest BCUT2D eigenvalue weighted by atomic mass is 10.1. The minimum Gasteiger partial charge on any atom is -0.375 e. The van der Waals surface area contributed by atoms with Gasteiger partial charge >= 0.3 is 0 Å². The number of carbonyl (C=O) groups is 1. The Labute approximate surface area is 145 Å². The average Bonchev–Trinajstić information content (AvgIpc) is 3.11. The Morgan fingerprint density at radius 3 is 3.12 bits per heavy atom. The van der Waals surface area contributed by atoms with Crippen molar-refractivity contribution >= 4 is 16.8 Å². The molecule has 1 aliphatic rings. The summed E-state index contributed by atoms with van der Waals surface area (Å²) in [4.78, 5) is 22.8. The summed E-state index contributed by atoms with van der Waals surface area (Å²) in [5, 5.41) is 8.00. The highest BCUT2D eigenvalue weighted by Crippen LogP contribution is 2.19. The van der Waals surface area contributed by atoms with Gasteiger partial charge in [0.25, 0.3) is 5.91 Å². The Balaban J connectivity index is 1.43. The van der Waals surface area contributed by atoms with E-state index in [4.69, 9.17) is 4.74 Å².